The fourth-order valence-corrected chi connectivity index (χ4v) is 2.52. The normalized spacial score (nSPS) is 24.4. The van der Waals surface area contributed by atoms with Crippen LogP contribution in [0.25, 0.3) is 0 Å². The first-order valence-electron chi connectivity index (χ1n) is 6.11. The van der Waals surface area contributed by atoms with Crippen molar-refractivity contribution >= 4 is 0 Å². The van der Waals surface area contributed by atoms with Gasteiger partial charge < -0.3 is 5.32 Å². The Morgan fingerprint density at radius 3 is 2.75 bits per heavy atom. The Balaban J connectivity index is 2.01. The Bertz CT molecular complexity index is 356. The zero-order valence-corrected chi connectivity index (χ0v) is 10.7. The van der Waals surface area contributed by atoms with Crippen LogP contribution in [0.2, 0.25) is 0 Å². The Morgan fingerprint density at radius 1 is 1.62 bits per heavy atom. The average Bonchev–Trinajstić information content (AvgIpc) is 2.64. The quantitative estimate of drug-likeness (QED) is 0.818. The molecule has 4 nitrogen and oxygen atoms in total. The molecule has 1 aromatic rings. The molecule has 0 radical (unpaired) electrons. The van der Waals surface area contributed by atoms with Crippen LogP contribution in [0.5, 0.6) is 0 Å². The van der Waals surface area contributed by atoms with Gasteiger partial charge in [-0.25, -0.2) is 4.98 Å². The summed E-state index contributed by atoms with van der Waals surface area (Å²) in [4.78, 5) is 4.31. The van der Waals surface area contributed by atoms with E-state index in [1.54, 1.807) is 6.33 Å². The molecule has 0 aliphatic heterocycles. The first-order valence-corrected chi connectivity index (χ1v) is 6.11. The highest BCUT2D eigenvalue weighted by molar-refractivity contribution is 5.05. The van der Waals surface area contributed by atoms with Gasteiger partial charge in [-0.1, -0.05) is 20.8 Å². The van der Waals surface area contributed by atoms with Gasteiger partial charge in [-0.05, 0) is 24.3 Å². The summed E-state index contributed by atoms with van der Waals surface area (Å²) in [6, 6.07) is 0.544. The number of hydrogen-bond donors (Lipinski definition) is 1. The number of likely N-dealkylation sites (N-methyl/N-ethyl adjacent to an activating group) is 1. The highest BCUT2D eigenvalue weighted by Crippen LogP contribution is 2.53. The van der Waals surface area contributed by atoms with E-state index in [0.29, 0.717) is 11.5 Å². The maximum Gasteiger partial charge on any atom is 0.138 e. The predicted octanol–water partition coefficient (Wildman–Crippen LogP) is 1.38. The van der Waals surface area contributed by atoms with E-state index in [1.807, 2.05) is 11.7 Å². The molecule has 0 amide bonds. The van der Waals surface area contributed by atoms with E-state index in [0.717, 1.165) is 24.7 Å². The van der Waals surface area contributed by atoms with Crippen molar-refractivity contribution in [2.24, 2.45) is 18.4 Å². The van der Waals surface area contributed by atoms with Crippen LogP contribution < -0.4 is 5.32 Å². The van der Waals surface area contributed by atoms with Crippen molar-refractivity contribution in [1.29, 1.82) is 0 Å². The van der Waals surface area contributed by atoms with Crippen molar-refractivity contribution in [2.45, 2.75) is 39.7 Å². The topological polar surface area (TPSA) is 42.7 Å². The summed E-state index contributed by atoms with van der Waals surface area (Å²) in [5.41, 5.74) is 0.505. The Morgan fingerprint density at radius 2 is 2.31 bits per heavy atom. The minimum atomic E-state index is 0.505. The molecule has 0 saturated heterocycles. The number of aryl methyl sites for hydroxylation is 1. The van der Waals surface area contributed by atoms with E-state index in [4.69, 9.17) is 0 Å². The van der Waals surface area contributed by atoms with Gasteiger partial charge in [-0.15, -0.1) is 0 Å². The molecule has 1 aromatic heterocycles. The molecule has 16 heavy (non-hydrogen) atoms. The van der Waals surface area contributed by atoms with Crippen LogP contribution >= 0.6 is 0 Å². The van der Waals surface area contributed by atoms with E-state index in [1.165, 1.54) is 6.42 Å². The van der Waals surface area contributed by atoms with Crippen LogP contribution in [0.3, 0.4) is 0 Å². The second-order valence-corrected chi connectivity index (χ2v) is 5.47. The summed E-state index contributed by atoms with van der Waals surface area (Å²) in [6.45, 7) is 7.88. The van der Waals surface area contributed by atoms with Gasteiger partial charge in [0.1, 0.15) is 12.2 Å². The number of rotatable bonds is 5. The van der Waals surface area contributed by atoms with Gasteiger partial charge in [0.2, 0.25) is 0 Å². The van der Waals surface area contributed by atoms with Gasteiger partial charge in [0, 0.05) is 19.5 Å². The largest absolute Gasteiger partial charge is 0.314 e. The van der Waals surface area contributed by atoms with Crippen LogP contribution in [0.15, 0.2) is 6.33 Å². The Labute approximate surface area is 97.5 Å². The van der Waals surface area contributed by atoms with Crippen molar-refractivity contribution in [3.63, 3.8) is 0 Å². The van der Waals surface area contributed by atoms with Gasteiger partial charge in [-0.2, -0.15) is 5.10 Å². The number of aromatic nitrogens is 3. The second kappa shape index (κ2) is 4.17. The van der Waals surface area contributed by atoms with E-state index >= 15 is 0 Å². The van der Waals surface area contributed by atoms with E-state index in [-0.39, 0.29) is 0 Å². The highest BCUT2D eigenvalue weighted by Gasteiger charge is 2.49. The molecule has 0 aromatic carbocycles. The molecule has 2 rings (SSSR count). The third-order valence-electron chi connectivity index (χ3n) is 3.75. The van der Waals surface area contributed by atoms with Crippen LogP contribution in [0.4, 0.5) is 0 Å². The Kier molecular flexibility index (Phi) is 3.02. The zero-order chi connectivity index (χ0) is 11.8. The van der Waals surface area contributed by atoms with Crippen LogP contribution in [-0.4, -0.2) is 27.4 Å². The fourth-order valence-electron chi connectivity index (χ4n) is 2.52. The number of nitrogens with one attached hydrogen (secondary N) is 1. The second-order valence-electron chi connectivity index (χ2n) is 5.47. The summed E-state index contributed by atoms with van der Waals surface area (Å²) in [5.74, 6) is 1.86. The minimum Gasteiger partial charge on any atom is -0.314 e. The SMILES string of the molecule is CCNC(Cc1ncnn1C)C1CC1(C)C. The summed E-state index contributed by atoms with van der Waals surface area (Å²) in [7, 11) is 1.96. The Hall–Kier alpha value is -0.900. The van der Waals surface area contributed by atoms with Crippen molar-refractivity contribution in [3.05, 3.63) is 12.2 Å². The molecule has 0 spiro atoms. The lowest BCUT2D eigenvalue weighted by Crippen LogP contribution is -2.35. The lowest BCUT2D eigenvalue weighted by Gasteiger charge is -2.19. The van der Waals surface area contributed by atoms with Crippen molar-refractivity contribution < 1.29 is 0 Å². The van der Waals surface area contributed by atoms with E-state index < -0.39 is 0 Å². The maximum absolute atomic E-state index is 4.31. The molecule has 4 heteroatoms. The zero-order valence-electron chi connectivity index (χ0n) is 10.7. The maximum atomic E-state index is 4.31. The van der Waals surface area contributed by atoms with Crippen molar-refractivity contribution in [1.82, 2.24) is 20.1 Å². The van der Waals surface area contributed by atoms with Gasteiger partial charge in [-0.3, -0.25) is 4.68 Å². The molecule has 0 bridgehead atoms. The average molecular weight is 222 g/mol. The molecule has 1 aliphatic carbocycles. The smallest absolute Gasteiger partial charge is 0.138 e. The lowest BCUT2D eigenvalue weighted by atomic mass is 10.0. The first-order chi connectivity index (χ1) is 7.54. The molecule has 1 N–H and O–H groups in total. The van der Waals surface area contributed by atoms with Gasteiger partial charge >= 0.3 is 0 Å². The van der Waals surface area contributed by atoms with Crippen LogP contribution in [0.1, 0.15) is 33.0 Å². The van der Waals surface area contributed by atoms with E-state index in [2.05, 4.69) is 36.2 Å². The number of hydrogen-bond acceptors (Lipinski definition) is 3. The molecule has 1 fully saturated rings. The minimum absolute atomic E-state index is 0.505. The molecule has 2 unspecified atom stereocenters. The summed E-state index contributed by atoms with van der Waals surface area (Å²) < 4.78 is 1.87. The van der Waals surface area contributed by atoms with Gasteiger partial charge in [0.15, 0.2) is 0 Å². The predicted molar refractivity (Wildman–Crippen MR) is 64.1 cm³/mol. The molecular formula is C12H22N4. The number of nitrogens with zero attached hydrogens (tertiary/aromatic N) is 3. The fraction of sp³-hybridized carbons (Fsp3) is 0.833. The first kappa shape index (κ1) is 11.6. The molecule has 1 saturated carbocycles. The molecule has 1 heterocycles. The third kappa shape index (κ3) is 2.26. The van der Waals surface area contributed by atoms with E-state index in [9.17, 15) is 0 Å². The van der Waals surface area contributed by atoms with Crippen LogP contribution in [-0.2, 0) is 13.5 Å². The third-order valence-corrected chi connectivity index (χ3v) is 3.75. The molecule has 2 atom stereocenters. The highest BCUT2D eigenvalue weighted by atomic mass is 15.3. The summed E-state index contributed by atoms with van der Waals surface area (Å²) >= 11 is 0. The standard InChI is InChI=1S/C12H22N4/c1-5-13-10(9-7-12(9,2)3)6-11-14-8-15-16(11)4/h8-10,13H,5-7H2,1-4H3. The van der Waals surface area contributed by atoms with Gasteiger partial charge in [0.25, 0.3) is 0 Å². The lowest BCUT2D eigenvalue weighted by molar-refractivity contribution is 0.399. The molecule has 1 aliphatic rings. The monoisotopic (exact) mass is 222 g/mol. The summed E-state index contributed by atoms with van der Waals surface area (Å²) in [6.07, 6.45) is 3.94. The van der Waals surface area contributed by atoms with Crippen molar-refractivity contribution in [3.8, 4) is 0 Å². The van der Waals surface area contributed by atoms with Crippen LogP contribution in [0, 0.1) is 11.3 Å². The summed E-state index contributed by atoms with van der Waals surface area (Å²) in [5, 5.41) is 7.71. The molecule has 90 valence electrons. The van der Waals surface area contributed by atoms with Gasteiger partial charge in [0.05, 0.1) is 0 Å². The van der Waals surface area contributed by atoms with Crippen molar-refractivity contribution in [2.75, 3.05) is 6.54 Å². The molecular weight excluding hydrogens is 200 g/mol.